The highest BCUT2D eigenvalue weighted by Crippen LogP contribution is 2.28. The number of benzene rings is 1. The summed E-state index contributed by atoms with van der Waals surface area (Å²) in [4.78, 5) is 23.1. The molecular weight excluding hydrogens is 254 g/mol. The van der Waals surface area contributed by atoms with E-state index >= 15 is 0 Å². The van der Waals surface area contributed by atoms with Crippen LogP contribution in [0.4, 0.5) is 10.5 Å². The Morgan fingerprint density at radius 3 is 2.30 bits per heavy atom. The monoisotopic (exact) mass is 271 g/mol. The van der Waals surface area contributed by atoms with Crippen molar-refractivity contribution in [1.82, 2.24) is 5.32 Å². The second kappa shape index (κ2) is 5.74. The van der Waals surface area contributed by atoms with Gasteiger partial charge < -0.3 is 10.6 Å². The van der Waals surface area contributed by atoms with Crippen molar-refractivity contribution in [2.75, 3.05) is 5.32 Å². The number of hydrogen-bond acceptors (Lipinski definition) is 3. The van der Waals surface area contributed by atoms with Crippen LogP contribution in [0.1, 0.15) is 43.0 Å². The Kier molecular flexibility index (Phi) is 4.04. The third-order valence-electron chi connectivity index (χ3n) is 3.57. The minimum Gasteiger partial charge on any atom is -0.319 e. The van der Waals surface area contributed by atoms with Crippen LogP contribution in [0.5, 0.6) is 0 Å². The Morgan fingerprint density at radius 1 is 1.20 bits per heavy atom. The van der Waals surface area contributed by atoms with Gasteiger partial charge in [-0.15, -0.1) is 0 Å². The van der Waals surface area contributed by atoms with Gasteiger partial charge in [-0.05, 0) is 56.9 Å². The van der Waals surface area contributed by atoms with E-state index in [1.807, 2.05) is 0 Å². The van der Waals surface area contributed by atoms with Crippen LogP contribution in [-0.2, 0) is 0 Å². The van der Waals surface area contributed by atoms with Crippen molar-refractivity contribution in [3.63, 3.8) is 0 Å². The zero-order chi connectivity index (χ0) is 14.6. The molecule has 5 nitrogen and oxygen atoms in total. The van der Waals surface area contributed by atoms with Crippen LogP contribution < -0.4 is 10.6 Å². The Bertz CT molecular complexity index is 551. The Hall–Kier alpha value is -2.35. The molecule has 1 saturated carbocycles. The Balaban J connectivity index is 1.98. The minimum atomic E-state index is -0.733. The molecule has 2 rings (SSSR count). The molecule has 0 saturated heterocycles. The van der Waals surface area contributed by atoms with Crippen molar-refractivity contribution in [3.8, 4) is 6.07 Å². The Labute approximate surface area is 118 Å². The van der Waals surface area contributed by atoms with Crippen LogP contribution in [0.25, 0.3) is 0 Å². The van der Waals surface area contributed by atoms with Gasteiger partial charge in [0.05, 0.1) is 6.07 Å². The molecule has 1 aromatic carbocycles. The third-order valence-corrected chi connectivity index (χ3v) is 3.57. The average Bonchev–Trinajstić information content (AvgIpc) is 2.88. The van der Waals surface area contributed by atoms with E-state index < -0.39 is 5.54 Å². The molecule has 1 aliphatic carbocycles. The fourth-order valence-electron chi connectivity index (χ4n) is 2.41. The van der Waals surface area contributed by atoms with Crippen molar-refractivity contribution in [2.24, 2.45) is 0 Å². The Morgan fingerprint density at radius 2 is 1.80 bits per heavy atom. The van der Waals surface area contributed by atoms with Gasteiger partial charge in [0.1, 0.15) is 5.54 Å². The molecule has 0 spiro atoms. The molecule has 0 radical (unpaired) electrons. The second-order valence-corrected chi connectivity index (χ2v) is 5.11. The standard InChI is InChI=1S/C15H17N3O2/c1-11(19)12-4-6-13(7-5-12)17-14(20)18-15(10-16)8-2-3-9-15/h4-7H,2-3,8-9H2,1H3,(H2,17,18,20). The summed E-state index contributed by atoms with van der Waals surface area (Å²) in [6, 6.07) is 8.48. The summed E-state index contributed by atoms with van der Waals surface area (Å²) in [5, 5.41) is 14.6. The summed E-state index contributed by atoms with van der Waals surface area (Å²) in [5.74, 6) is -0.0182. The van der Waals surface area contributed by atoms with Crippen LogP contribution >= 0.6 is 0 Å². The number of nitrogens with one attached hydrogen (secondary N) is 2. The van der Waals surface area contributed by atoms with Gasteiger partial charge in [-0.25, -0.2) is 4.79 Å². The second-order valence-electron chi connectivity index (χ2n) is 5.11. The number of urea groups is 1. The van der Waals surface area contributed by atoms with Crippen LogP contribution in [0.2, 0.25) is 0 Å². The highest BCUT2D eigenvalue weighted by molar-refractivity contribution is 5.95. The summed E-state index contributed by atoms with van der Waals surface area (Å²) in [7, 11) is 0. The average molecular weight is 271 g/mol. The zero-order valence-corrected chi connectivity index (χ0v) is 11.4. The highest BCUT2D eigenvalue weighted by Gasteiger charge is 2.35. The maximum Gasteiger partial charge on any atom is 0.320 e. The normalized spacial score (nSPS) is 16.2. The summed E-state index contributed by atoms with van der Waals surface area (Å²) < 4.78 is 0. The first-order chi connectivity index (χ1) is 9.54. The number of rotatable bonds is 3. The molecule has 0 heterocycles. The highest BCUT2D eigenvalue weighted by atomic mass is 16.2. The van der Waals surface area contributed by atoms with Crippen LogP contribution in [-0.4, -0.2) is 17.4 Å². The fourth-order valence-corrected chi connectivity index (χ4v) is 2.41. The molecule has 5 heteroatoms. The SMILES string of the molecule is CC(=O)c1ccc(NC(=O)NC2(C#N)CCCC2)cc1. The number of hydrogen-bond donors (Lipinski definition) is 2. The number of anilines is 1. The predicted octanol–water partition coefficient (Wildman–Crippen LogP) is 2.85. The number of amides is 2. The number of ketones is 1. The lowest BCUT2D eigenvalue weighted by Gasteiger charge is -2.22. The van der Waals surface area contributed by atoms with Gasteiger partial charge in [-0.3, -0.25) is 4.79 Å². The first-order valence-electron chi connectivity index (χ1n) is 6.66. The largest absolute Gasteiger partial charge is 0.320 e. The molecule has 0 unspecified atom stereocenters. The maximum absolute atomic E-state index is 11.9. The van der Waals surface area contributed by atoms with Crippen molar-refractivity contribution >= 4 is 17.5 Å². The van der Waals surface area contributed by atoms with Crippen molar-refractivity contribution in [1.29, 1.82) is 5.26 Å². The van der Waals surface area contributed by atoms with Gasteiger partial charge in [0.15, 0.2) is 5.78 Å². The lowest BCUT2D eigenvalue weighted by Crippen LogP contribution is -2.47. The van der Waals surface area contributed by atoms with Crippen LogP contribution in [0.15, 0.2) is 24.3 Å². The van der Waals surface area contributed by atoms with Gasteiger partial charge >= 0.3 is 6.03 Å². The van der Waals surface area contributed by atoms with Crippen molar-refractivity contribution < 1.29 is 9.59 Å². The summed E-state index contributed by atoms with van der Waals surface area (Å²) in [6.45, 7) is 1.49. The lowest BCUT2D eigenvalue weighted by molar-refractivity contribution is 0.101. The molecule has 1 fully saturated rings. The number of carbonyl (C=O) groups is 2. The topological polar surface area (TPSA) is 82.0 Å². The van der Waals surface area contributed by atoms with E-state index in [9.17, 15) is 14.9 Å². The number of nitrogens with zero attached hydrogens (tertiary/aromatic N) is 1. The van der Waals surface area contributed by atoms with Crippen molar-refractivity contribution in [2.45, 2.75) is 38.1 Å². The number of carbonyl (C=O) groups excluding carboxylic acids is 2. The van der Waals surface area contributed by atoms with E-state index in [4.69, 9.17) is 0 Å². The van der Waals surface area contributed by atoms with Gasteiger partial charge in [-0.1, -0.05) is 0 Å². The molecule has 20 heavy (non-hydrogen) atoms. The molecule has 1 aliphatic rings. The van der Waals surface area contributed by atoms with Crippen LogP contribution in [0.3, 0.4) is 0 Å². The molecule has 2 N–H and O–H groups in total. The third kappa shape index (κ3) is 3.15. The molecule has 0 bridgehead atoms. The molecule has 0 atom stereocenters. The summed E-state index contributed by atoms with van der Waals surface area (Å²) in [5.41, 5.74) is 0.461. The fraction of sp³-hybridized carbons (Fsp3) is 0.400. The number of nitriles is 1. The molecule has 0 aliphatic heterocycles. The first-order valence-corrected chi connectivity index (χ1v) is 6.66. The minimum absolute atomic E-state index is 0.0182. The molecule has 2 amide bonds. The van der Waals surface area contributed by atoms with Gasteiger partial charge in [-0.2, -0.15) is 5.26 Å². The van der Waals surface area contributed by atoms with E-state index in [0.717, 1.165) is 12.8 Å². The smallest absolute Gasteiger partial charge is 0.319 e. The maximum atomic E-state index is 11.9. The van der Waals surface area contributed by atoms with Gasteiger partial charge in [0, 0.05) is 11.3 Å². The number of Topliss-reactive ketones (excluding diaryl/α,β-unsaturated/α-hetero) is 1. The van der Waals surface area contributed by atoms with Gasteiger partial charge in [0.25, 0.3) is 0 Å². The van der Waals surface area contributed by atoms with Crippen molar-refractivity contribution in [3.05, 3.63) is 29.8 Å². The first kappa shape index (κ1) is 14.1. The summed E-state index contributed by atoms with van der Waals surface area (Å²) in [6.07, 6.45) is 3.31. The van der Waals surface area contributed by atoms with Gasteiger partial charge in [0.2, 0.25) is 0 Å². The van der Waals surface area contributed by atoms with Crippen LogP contribution in [0, 0.1) is 11.3 Å². The van der Waals surface area contributed by atoms with E-state index in [0.29, 0.717) is 24.1 Å². The predicted molar refractivity (Wildman–Crippen MR) is 75.4 cm³/mol. The molecule has 104 valence electrons. The lowest BCUT2D eigenvalue weighted by atomic mass is 10.0. The quantitative estimate of drug-likeness (QED) is 0.829. The summed E-state index contributed by atoms with van der Waals surface area (Å²) >= 11 is 0. The van der Waals surface area contributed by atoms with E-state index in [2.05, 4.69) is 16.7 Å². The molecule has 1 aromatic rings. The van der Waals surface area contributed by atoms with E-state index in [1.165, 1.54) is 6.92 Å². The molecular formula is C15H17N3O2. The molecule has 0 aromatic heterocycles. The zero-order valence-electron chi connectivity index (χ0n) is 11.4. The van der Waals surface area contributed by atoms with E-state index in [1.54, 1.807) is 24.3 Å². The van der Waals surface area contributed by atoms with E-state index in [-0.39, 0.29) is 11.8 Å².